The normalized spacial score (nSPS) is 11.6. The molecule has 246 valence electrons. The standard InChI is InChI=1S/C45H22B6N4O/c46-34-31-32-35(47)38(50)40(55-29-17-9-7-15-27(29)28-16-8-10-18-30(28)55)39(51)42(32)56-41(31)37(49)33(36(34)48)45-53-43(25-13-5-2-6-14-25)52-44(54-45)26-21-19-24(20-22-26)23-11-3-1-4-12-23/h1-22H. The summed E-state index contributed by atoms with van der Waals surface area (Å²) in [5.41, 5.74) is 8.05. The van der Waals surface area contributed by atoms with Gasteiger partial charge in [0, 0.05) is 43.9 Å². The van der Waals surface area contributed by atoms with E-state index in [2.05, 4.69) is 24.3 Å². The molecular weight excluding hydrogens is 677 g/mol. The summed E-state index contributed by atoms with van der Waals surface area (Å²) in [6, 6.07) is 43.9. The van der Waals surface area contributed by atoms with Crippen LogP contribution in [0.5, 0.6) is 0 Å². The van der Waals surface area contributed by atoms with Gasteiger partial charge in [0.25, 0.3) is 0 Å². The zero-order chi connectivity index (χ0) is 38.2. The van der Waals surface area contributed by atoms with Crippen LogP contribution in [0.2, 0.25) is 0 Å². The largest absolute Gasteiger partial charge is 0.457 e. The van der Waals surface area contributed by atoms with E-state index >= 15 is 0 Å². The van der Waals surface area contributed by atoms with Gasteiger partial charge in [-0.2, -0.15) is 0 Å². The lowest BCUT2D eigenvalue weighted by Crippen LogP contribution is -2.38. The average Bonchev–Trinajstić information content (AvgIpc) is 3.81. The summed E-state index contributed by atoms with van der Waals surface area (Å²) in [4.78, 5) is 14.7. The highest BCUT2D eigenvalue weighted by Gasteiger charge is 2.26. The van der Waals surface area contributed by atoms with Crippen LogP contribution in [0.1, 0.15) is 0 Å². The van der Waals surface area contributed by atoms with E-state index in [0.29, 0.717) is 33.7 Å². The third-order valence-electron chi connectivity index (χ3n) is 10.5. The smallest absolute Gasteiger partial charge is 0.164 e. The van der Waals surface area contributed by atoms with Crippen molar-refractivity contribution in [1.29, 1.82) is 0 Å². The summed E-state index contributed by atoms with van der Waals surface area (Å²) < 4.78 is 8.60. The minimum Gasteiger partial charge on any atom is -0.457 e. The molecule has 0 saturated carbocycles. The molecule has 10 aromatic rings. The molecule has 11 heteroatoms. The van der Waals surface area contributed by atoms with E-state index in [0.717, 1.165) is 44.1 Å². The number of fused-ring (bicyclic) bond motifs is 6. The van der Waals surface area contributed by atoms with Crippen molar-refractivity contribution in [2.24, 2.45) is 0 Å². The lowest BCUT2D eigenvalue weighted by atomic mass is 9.68. The minimum absolute atomic E-state index is 0.149. The second-order valence-corrected chi connectivity index (χ2v) is 13.7. The lowest BCUT2D eigenvalue weighted by Gasteiger charge is -2.19. The van der Waals surface area contributed by atoms with E-state index in [1.54, 1.807) is 0 Å². The Morgan fingerprint density at radius 1 is 0.375 bits per heavy atom. The van der Waals surface area contributed by atoms with Crippen LogP contribution in [0.3, 0.4) is 0 Å². The Morgan fingerprint density at radius 3 is 1.39 bits per heavy atom. The highest BCUT2D eigenvalue weighted by atomic mass is 16.3. The van der Waals surface area contributed by atoms with Crippen LogP contribution in [-0.4, -0.2) is 66.6 Å². The summed E-state index contributed by atoms with van der Waals surface area (Å²) in [7, 11) is 41.7. The number of benzene rings is 7. The molecular formula is C45H22B6N4O. The van der Waals surface area contributed by atoms with E-state index in [4.69, 9.17) is 66.4 Å². The van der Waals surface area contributed by atoms with Crippen LogP contribution in [0.15, 0.2) is 138 Å². The number of aromatic nitrogens is 4. The Labute approximate surface area is 330 Å². The fourth-order valence-electron chi connectivity index (χ4n) is 7.79. The van der Waals surface area contributed by atoms with E-state index in [9.17, 15) is 0 Å². The summed E-state index contributed by atoms with van der Waals surface area (Å²) in [6.45, 7) is 0. The Balaban J connectivity index is 1.20. The maximum absolute atomic E-state index is 7.03. The molecule has 10 rings (SSSR count). The van der Waals surface area contributed by atoms with Crippen molar-refractivity contribution < 1.29 is 4.42 Å². The summed E-state index contributed by atoms with van der Waals surface area (Å²) in [5, 5.41) is 2.89. The van der Waals surface area contributed by atoms with Gasteiger partial charge in [-0.3, -0.25) is 0 Å². The summed E-state index contributed by atoms with van der Waals surface area (Å²) >= 11 is 0. The van der Waals surface area contributed by atoms with Crippen molar-refractivity contribution >= 4 is 124 Å². The molecule has 3 aromatic heterocycles. The van der Waals surface area contributed by atoms with Gasteiger partial charge in [-0.05, 0) is 34.2 Å². The Hall–Kier alpha value is -6.46. The quantitative estimate of drug-likeness (QED) is 0.252. The number of hydrogen-bond acceptors (Lipinski definition) is 4. The molecule has 0 aliphatic heterocycles. The van der Waals surface area contributed by atoms with Gasteiger partial charge in [-0.15, -0.1) is 0 Å². The predicted octanol–water partition coefficient (Wildman–Crippen LogP) is 4.30. The topological polar surface area (TPSA) is 56.7 Å². The summed E-state index contributed by atoms with van der Waals surface area (Å²) in [6.07, 6.45) is 0. The monoisotopic (exact) mass is 700 g/mol. The van der Waals surface area contributed by atoms with Crippen LogP contribution in [0, 0.1) is 0 Å². The predicted molar refractivity (Wildman–Crippen MR) is 236 cm³/mol. The molecule has 0 atom stereocenters. The van der Waals surface area contributed by atoms with Crippen molar-refractivity contribution in [3.63, 3.8) is 0 Å². The van der Waals surface area contributed by atoms with Gasteiger partial charge in [0.15, 0.2) is 17.5 Å². The van der Waals surface area contributed by atoms with Crippen LogP contribution in [0.25, 0.3) is 94.7 Å². The van der Waals surface area contributed by atoms with E-state index in [1.165, 1.54) is 0 Å². The van der Waals surface area contributed by atoms with Gasteiger partial charge >= 0.3 is 0 Å². The van der Waals surface area contributed by atoms with Crippen molar-refractivity contribution in [1.82, 2.24) is 19.5 Å². The van der Waals surface area contributed by atoms with Crippen molar-refractivity contribution in [3.05, 3.63) is 133 Å². The van der Waals surface area contributed by atoms with E-state index in [1.807, 2.05) is 114 Å². The van der Waals surface area contributed by atoms with Crippen molar-refractivity contribution in [2.45, 2.75) is 0 Å². The molecule has 12 radical (unpaired) electrons. The first-order valence-electron chi connectivity index (χ1n) is 18.0. The minimum atomic E-state index is 0.149. The van der Waals surface area contributed by atoms with Gasteiger partial charge in [0.05, 0.1) is 11.0 Å². The zero-order valence-corrected chi connectivity index (χ0v) is 29.9. The fraction of sp³-hybridized carbons (Fsp3) is 0. The number of para-hydroxylation sites is 2. The molecule has 0 fully saturated rings. The maximum Gasteiger partial charge on any atom is 0.164 e. The second kappa shape index (κ2) is 13.1. The first-order chi connectivity index (χ1) is 27.3. The molecule has 0 aliphatic rings. The summed E-state index contributed by atoms with van der Waals surface area (Å²) in [5.74, 6) is 1.07. The average molecular weight is 700 g/mol. The molecule has 0 bridgehead atoms. The Bertz CT molecular complexity index is 3150. The van der Waals surface area contributed by atoms with Crippen LogP contribution in [0.4, 0.5) is 0 Å². The Kier molecular flexibility index (Phi) is 7.96. The molecule has 0 unspecified atom stereocenters. The van der Waals surface area contributed by atoms with Crippen molar-refractivity contribution in [3.8, 4) is 51.0 Å². The van der Waals surface area contributed by atoms with Gasteiger partial charge in [0.1, 0.15) is 58.2 Å². The van der Waals surface area contributed by atoms with Crippen LogP contribution < -0.4 is 32.8 Å². The van der Waals surface area contributed by atoms with Crippen LogP contribution in [-0.2, 0) is 0 Å². The maximum atomic E-state index is 7.03. The number of hydrogen-bond donors (Lipinski definition) is 0. The lowest BCUT2D eigenvalue weighted by molar-refractivity contribution is 0.674. The SMILES string of the molecule is [B]c1c(-c2nc(-c3ccccc3)nc(-c3ccc(-c4ccccc4)cc3)n2)c([B])c2oc3c([B])c(-n4c5ccccc5c5ccccc54)c([B])c([B])c3c2c1[B]. The zero-order valence-electron chi connectivity index (χ0n) is 29.9. The first-order valence-corrected chi connectivity index (χ1v) is 18.0. The number of furan rings is 1. The van der Waals surface area contributed by atoms with E-state index < -0.39 is 0 Å². The molecule has 7 aromatic carbocycles. The van der Waals surface area contributed by atoms with Crippen molar-refractivity contribution in [2.75, 3.05) is 0 Å². The molecule has 0 aliphatic carbocycles. The molecule has 56 heavy (non-hydrogen) atoms. The fourth-order valence-corrected chi connectivity index (χ4v) is 7.79. The third-order valence-corrected chi connectivity index (χ3v) is 10.5. The van der Waals surface area contributed by atoms with Crippen LogP contribution >= 0.6 is 0 Å². The molecule has 5 nitrogen and oxygen atoms in total. The molecule has 0 amide bonds. The second-order valence-electron chi connectivity index (χ2n) is 13.7. The third kappa shape index (κ3) is 5.14. The van der Waals surface area contributed by atoms with Gasteiger partial charge < -0.3 is 8.98 Å². The molecule has 0 spiro atoms. The molecule has 0 saturated heterocycles. The van der Waals surface area contributed by atoms with Gasteiger partial charge in [-0.1, -0.05) is 143 Å². The highest BCUT2D eigenvalue weighted by molar-refractivity contribution is 6.64. The first kappa shape index (κ1) is 34.1. The van der Waals surface area contributed by atoms with E-state index in [-0.39, 0.29) is 49.8 Å². The number of nitrogens with zero attached hydrogens (tertiary/aromatic N) is 4. The van der Waals surface area contributed by atoms with Gasteiger partial charge in [-0.25, -0.2) is 15.0 Å². The number of rotatable bonds is 5. The molecule has 3 heterocycles. The highest BCUT2D eigenvalue weighted by Crippen LogP contribution is 2.33. The molecule has 0 N–H and O–H groups in total. The Morgan fingerprint density at radius 2 is 0.804 bits per heavy atom. The van der Waals surface area contributed by atoms with Gasteiger partial charge in [0.2, 0.25) is 0 Å².